The molecule has 0 radical (unpaired) electrons. The van der Waals surface area contributed by atoms with Gasteiger partial charge in [0.2, 0.25) is 8.32 Å². The molecule has 0 aromatic heterocycles. The maximum atomic E-state index is 13.4. The van der Waals surface area contributed by atoms with E-state index in [1.807, 2.05) is 0 Å². The largest absolute Gasteiger partial charge is 0.449 e. The van der Waals surface area contributed by atoms with E-state index in [4.69, 9.17) is 9.16 Å². The molecular formula is C21H32FNO4Si. The smallest absolute Gasteiger partial charge is 0.417 e. The highest BCUT2D eigenvalue weighted by atomic mass is 28.4. The molecule has 1 aliphatic heterocycles. The fourth-order valence-electron chi connectivity index (χ4n) is 4.59. The number of carbonyl (C=O) groups is 2. The quantitative estimate of drug-likeness (QED) is 0.445. The maximum absolute atomic E-state index is 13.4. The van der Waals surface area contributed by atoms with Gasteiger partial charge in [-0.2, -0.15) is 0 Å². The molecule has 1 fully saturated rings. The lowest BCUT2D eigenvalue weighted by Crippen LogP contribution is -2.66. The lowest BCUT2D eigenvalue weighted by Gasteiger charge is -2.51. The number of β-lactam (4-membered cyclic amide) rings is 1. The Morgan fingerprint density at radius 2 is 1.57 bits per heavy atom. The average molecular weight is 410 g/mol. The van der Waals surface area contributed by atoms with Crippen LogP contribution in [0.4, 0.5) is 9.18 Å². The molecule has 1 aromatic carbocycles. The van der Waals surface area contributed by atoms with Crippen molar-refractivity contribution < 1.29 is 23.1 Å². The van der Waals surface area contributed by atoms with E-state index in [0.29, 0.717) is 22.2 Å². The molecule has 7 heteroatoms. The van der Waals surface area contributed by atoms with Gasteiger partial charge in [-0.3, -0.25) is 4.79 Å². The zero-order valence-electron chi connectivity index (χ0n) is 17.9. The summed E-state index contributed by atoms with van der Waals surface area (Å²) in [5.41, 5.74) is 1.56. The lowest BCUT2D eigenvalue weighted by atomic mass is 9.91. The number of imide groups is 1. The number of halogens is 1. The molecule has 0 spiro atoms. The van der Waals surface area contributed by atoms with E-state index in [-0.39, 0.29) is 18.3 Å². The van der Waals surface area contributed by atoms with Crippen LogP contribution in [-0.4, -0.2) is 37.9 Å². The predicted molar refractivity (Wildman–Crippen MR) is 109 cm³/mol. The summed E-state index contributed by atoms with van der Waals surface area (Å²) in [4.78, 5) is 26.4. The van der Waals surface area contributed by atoms with E-state index in [1.165, 1.54) is 12.1 Å². The first-order chi connectivity index (χ1) is 13.1. The van der Waals surface area contributed by atoms with Crippen LogP contribution in [0.3, 0.4) is 0 Å². The minimum absolute atomic E-state index is 0.174. The third-order valence-corrected chi connectivity index (χ3v) is 11.8. The normalized spacial score (nSPS) is 20.1. The Balaban J connectivity index is 2.44. The van der Waals surface area contributed by atoms with E-state index in [1.54, 1.807) is 19.1 Å². The third-order valence-electron chi connectivity index (χ3n) is 5.76. The van der Waals surface area contributed by atoms with Crippen molar-refractivity contribution in [3.8, 4) is 0 Å². The van der Waals surface area contributed by atoms with Crippen molar-refractivity contribution >= 4 is 20.3 Å². The van der Waals surface area contributed by atoms with E-state index < -0.39 is 26.6 Å². The Kier molecular flexibility index (Phi) is 7.04. The van der Waals surface area contributed by atoms with Crippen LogP contribution >= 0.6 is 0 Å². The molecular weight excluding hydrogens is 377 g/mol. The Hall–Kier alpha value is -1.73. The van der Waals surface area contributed by atoms with Crippen molar-refractivity contribution in [1.82, 2.24) is 4.90 Å². The van der Waals surface area contributed by atoms with Crippen molar-refractivity contribution in [3.05, 3.63) is 35.6 Å². The van der Waals surface area contributed by atoms with Gasteiger partial charge in [0.1, 0.15) is 11.9 Å². The first-order valence-electron chi connectivity index (χ1n) is 10.0. The van der Waals surface area contributed by atoms with Crippen molar-refractivity contribution in [2.24, 2.45) is 0 Å². The van der Waals surface area contributed by atoms with Gasteiger partial charge in [-0.1, -0.05) is 53.7 Å². The van der Waals surface area contributed by atoms with Crippen LogP contribution in [-0.2, 0) is 14.0 Å². The van der Waals surface area contributed by atoms with Gasteiger partial charge in [0.15, 0.2) is 6.10 Å². The van der Waals surface area contributed by atoms with Gasteiger partial charge < -0.3 is 9.16 Å². The van der Waals surface area contributed by atoms with E-state index in [9.17, 15) is 14.0 Å². The number of hydrogen-bond donors (Lipinski definition) is 0. The van der Waals surface area contributed by atoms with Gasteiger partial charge in [-0.05, 0) is 41.2 Å². The van der Waals surface area contributed by atoms with Gasteiger partial charge in [-0.15, -0.1) is 0 Å². The Morgan fingerprint density at radius 3 is 2.00 bits per heavy atom. The standard InChI is InChI=1S/C21H32FNO4Si/c1-8-26-21(25)23-18(16-9-11-17(22)12-10-16)19(20(23)24)27-28(13(2)3,14(4)5)15(6)7/h9-15,18-19H,8H2,1-7H3/t18-,19+/m0/s1. The summed E-state index contributed by atoms with van der Waals surface area (Å²) in [7, 11) is -2.34. The van der Waals surface area contributed by atoms with Crippen LogP contribution in [0, 0.1) is 5.82 Å². The zero-order valence-corrected chi connectivity index (χ0v) is 18.9. The molecule has 2 atom stereocenters. The summed E-state index contributed by atoms with van der Waals surface area (Å²) in [6.45, 7) is 14.7. The molecule has 0 aliphatic carbocycles. The molecule has 2 rings (SSSR count). The van der Waals surface area contributed by atoms with Gasteiger partial charge in [0.05, 0.1) is 6.61 Å². The van der Waals surface area contributed by atoms with Gasteiger partial charge >= 0.3 is 6.09 Å². The van der Waals surface area contributed by atoms with Crippen molar-refractivity contribution in [2.75, 3.05) is 6.61 Å². The molecule has 0 N–H and O–H groups in total. The Morgan fingerprint density at radius 1 is 1.07 bits per heavy atom. The first kappa shape index (κ1) is 22.6. The molecule has 156 valence electrons. The number of amides is 2. The molecule has 1 aliphatic rings. The molecule has 1 saturated heterocycles. The topological polar surface area (TPSA) is 55.8 Å². The molecule has 2 amide bonds. The Labute approximate surface area is 168 Å². The predicted octanol–water partition coefficient (Wildman–Crippen LogP) is 5.43. The first-order valence-corrected chi connectivity index (χ1v) is 12.1. The molecule has 1 heterocycles. The number of likely N-dealkylation sites (tertiary alicyclic amines) is 1. The number of benzene rings is 1. The second-order valence-corrected chi connectivity index (χ2v) is 13.7. The van der Waals surface area contributed by atoms with Crippen LogP contribution in [0.25, 0.3) is 0 Å². The molecule has 5 nitrogen and oxygen atoms in total. The van der Waals surface area contributed by atoms with Crippen LogP contribution < -0.4 is 0 Å². The van der Waals surface area contributed by atoms with Crippen LogP contribution in [0.15, 0.2) is 24.3 Å². The minimum atomic E-state index is -2.34. The summed E-state index contributed by atoms with van der Waals surface area (Å²) in [5, 5.41) is 0. The molecule has 0 unspecified atom stereocenters. The lowest BCUT2D eigenvalue weighted by molar-refractivity contribution is -0.161. The van der Waals surface area contributed by atoms with Gasteiger partial charge in [-0.25, -0.2) is 14.1 Å². The average Bonchev–Trinajstić information content (AvgIpc) is 2.60. The number of rotatable bonds is 7. The molecule has 0 saturated carbocycles. The van der Waals surface area contributed by atoms with E-state index in [0.717, 1.165) is 4.90 Å². The fourth-order valence-corrected chi connectivity index (χ4v) is 10.1. The second kappa shape index (κ2) is 8.74. The maximum Gasteiger partial charge on any atom is 0.417 e. The number of carbonyl (C=O) groups excluding carboxylic acids is 2. The van der Waals surface area contributed by atoms with Crippen LogP contribution in [0.1, 0.15) is 60.1 Å². The third kappa shape index (κ3) is 3.87. The minimum Gasteiger partial charge on any atom is -0.449 e. The number of ether oxygens (including phenoxy) is 1. The Bertz CT molecular complexity index is 683. The summed E-state index contributed by atoms with van der Waals surface area (Å²) >= 11 is 0. The monoisotopic (exact) mass is 409 g/mol. The molecule has 28 heavy (non-hydrogen) atoms. The highest BCUT2D eigenvalue weighted by molar-refractivity contribution is 6.77. The van der Waals surface area contributed by atoms with Crippen molar-refractivity contribution in [3.63, 3.8) is 0 Å². The summed E-state index contributed by atoms with van der Waals surface area (Å²) in [6, 6.07) is 5.25. The van der Waals surface area contributed by atoms with Crippen LogP contribution in [0.5, 0.6) is 0 Å². The summed E-state index contributed by atoms with van der Waals surface area (Å²) < 4.78 is 25.1. The second-order valence-electron chi connectivity index (χ2n) is 8.26. The molecule has 0 bridgehead atoms. The number of nitrogens with zero attached hydrogens (tertiary/aromatic N) is 1. The van der Waals surface area contributed by atoms with Crippen molar-refractivity contribution in [1.29, 1.82) is 0 Å². The van der Waals surface area contributed by atoms with E-state index in [2.05, 4.69) is 41.5 Å². The zero-order chi connectivity index (χ0) is 21.2. The highest BCUT2D eigenvalue weighted by Crippen LogP contribution is 2.47. The van der Waals surface area contributed by atoms with Gasteiger partial charge in [0.25, 0.3) is 5.91 Å². The van der Waals surface area contributed by atoms with Crippen LogP contribution in [0.2, 0.25) is 16.6 Å². The van der Waals surface area contributed by atoms with E-state index >= 15 is 0 Å². The molecule has 1 aromatic rings. The SMILES string of the molecule is CCOC(=O)N1C(=O)[C@H](O[Si](C(C)C)(C(C)C)C(C)C)[C@@H]1c1ccc(F)cc1. The summed E-state index contributed by atoms with van der Waals surface area (Å²) in [6.07, 6.45) is -1.44. The van der Waals surface area contributed by atoms with Crippen molar-refractivity contribution in [2.45, 2.75) is 77.2 Å². The summed E-state index contributed by atoms with van der Waals surface area (Å²) in [5.74, 6) is -0.753. The van der Waals surface area contributed by atoms with Gasteiger partial charge in [0, 0.05) is 0 Å². The highest BCUT2D eigenvalue weighted by Gasteiger charge is 2.58. The number of hydrogen-bond acceptors (Lipinski definition) is 4. The fraction of sp³-hybridized carbons (Fsp3) is 0.619.